The first kappa shape index (κ1) is 22.2. The predicted octanol–water partition coefficient (Wildman–Crippen LogP) is 3.45. The monoisotopic (exact) mass is 289 g/mol. The highest BCUT2D eigenvalue weighted by atomic mass is 16.3. The summed E-state index contributed by atoms with van der Waals surface area (Å²) in [6, 6.07) is 0. The SMILES string of the molecule is CCCCCCCCCCCCC[NH2+]CCC(C)O.[OH-]. The average Bonchev–Trinajstić information content (AvgIpc) is 2.39. The van der Waals surface area contributed by atoms with E-state index in [1.54, 1.807) is 0 Å². The Hall–Kier alpha value is -0.120. The normalized spacial score (nSPS) is 12.2. The topological polar surface area (TPSA) is 66.8 Å². The molecule has 0 heterocycles. The minimum Gasteiger partial charge on any atom is -0.870 e. The Morgan fingerprint density at radius 3 is 1.65 bits per heavy atom. The van der Waals surface area contributed by atoms with E-state index >= 15 is 0 Å². The third-order valence-corrected chi connectivity index (χ3v) is 3.80. The van der Waals surface area contributed by atoms with Crippen LogP contribution in [0.2, 0.25) is 0 Å². The molecule has 0 aliphatic heterocycles. The lowest BCUT2D eigenvalue weighted by Gasteiger charge is -2.04. The van der Waals surface area contributed by atoms with Gasteiger partial charge in [0.15, 0.2) is 0 Å². The molecular formula is C17H39NO2. The zero-order valence-corrected chi connectivity index (χ0v) is 13.9. The number of aliphatic hydroxyl groups is 1. The maximum Gasteiger partial charge on any atom is 0.0780 e. The molecule has 3 heteroatoms. The third kappa shape index (κ3) is 20.2. The second-order valence-corrected chi connectivity index (χ2v) is 6.04. The van der Waals surface area contributed by atoms with Gasteiger partial charge in [-0.3, -0.25) is 0 Å². The second-order valence-electron chi connectivity index (χ2n) is 6.04. The maximum atomic E-state index is 9.12. The molecule has 0 amide bonds. The van der Waals surface area contributed by atoms with E-state index in [0.717, 1.165) is 13.0 Å². The molecule has 0 spiro atoms. The lowest BCUT2D eigenvalue weighted by molar-refractivity contribution is -0.656. The lowest BCUT2D eigenvalue weighted by Crippen LogP contribution is -2.84. The standard InChI is InChI=1S/C17H37NO.H2O/c1-3-4-5-6-7-8-9-10-11-12-13-15-18-16-14-17(2)19;/h17-19H,3-16H2,1-2H3;1H2. The van der Waals surface area contributed by atoms with Gasteiger partial charge in [-0.15, -0.1) is 0 Å². The molecule has 0 aromatic heterocycles. The van der Waals surface area contributed by atoms with Crippen LogP contribution in [0.1, 0.15) is 90.9 Å². The van der Waals surface area contributed by atoms with Gasteiger partial charge < -0.3 is 15.9 Å². The summed E-state index contributed by atoms with van der Waals surface area (Å²) in [5.74, 6) is 0. The summed E-state index contributed by atoms with van der Waals surface area (Å²) < 4.78 is 0. The Morgan fingerprint density at radius 1 is 0.750 bits per heavy atom. The zero-order chi connectivity index (χ0) is 14.2. The van der Waals surface area contributed by atoms with Gasteiger partial charge in [-0.2, -0.15) is 0 Å². The van der Waals surface area contributed by atoms with E-state index in [-0.39, 0.29) is 11.6 Å². The first-order valence-corrected chi connectivity index (χ1v) is 8.77. The van der Waals surface area contributed by atoms with Gasteiger partial charge in [0, 0.05) is 6.42 Å². The summed E-state index contributed by atoms with van der Waals surface area (Å²) in [4.78, 5) is 0. The van der Waals surface area contributed by atoms with Crippen molar-refractivity contribution < 1.29 is 15.9 Å². The van der Waals surface area contributed by atoms with Crippen molar-refractivity contribution in [3.05, 3.63) is 0 Å². The molecule has 124 valence electrons. The fraction of sp³-hybridized carbons (Fsp3) is 1.00. The van der Waals surface area contributed by atoms with Crippen LogP contribution in [0.25, 0.3) is 0 Å². The average molecular weight is 290 g/mol. The predicted molar refractivity (Wildman–Crippen MR) is 86.4 cm³/mol. The molecule has 0 bridgehead atoms. The Bertz CT molecular complexity index is 163. The van der Waals surface area contributed by atoms with Gasteiger partial charge in [0.1, 0.15) is 0 Å². The fourth-order valence-corrected chi connectivity index (χ4v) is 2.46. The highest BCUT2D eigenvalue weighted by Crippen LogP contribution is 2.10. The molecule has 0 fully saturated rings. The number of aliphatic hydroxyl groups excluding tert-OH is 1. The van der Waals surface area contributed by atoms with Crippen LogP contribution in [0, 0.1) is 0 Å². The Kier molecular flexibility index (Phi) is 20.9. The number of quaternary nitrogens is 1. The highest BCUT2D eigenvalue weighted by Gasteiger charge is 1.97. The second kappa shape index (κ2) is 18.9. The summed E-state index contributed by atoms with van der Waals surface area (Å²) in [6.45, 7) is 6.47. The van der Waals surface area contributed by atoms with Crippen molar-refractivity contribution in [3.8, 4) is 0 Å². The minimum atomic E-state index is -0.131. The molecule has 0 rings (SSSR count). The van der Waals surface area contributed by atoms with E-state index in [1.807, 2.05) is 6.92 Å². The molecule has 20 heavy (non-hydrogen) atoms. The number of rotatable bonds is 15. The van der Waals surface area contributed by atoms with Gasteiger partial charge in [0.05, 0.1) is 19.2 Å². The van der Waals surface area contributed by atoms with Gasteiger partial charge in [-0.1, -0.05) is 64.7 Å². The molecule has 3 nitrogen and oxygen atoms in total. The van der Waals surface area contributed by atoms with Crippen LogP contribution in [0.5, 0.6) is 0 Å². The van der Waals surface area contributed by atoms with Gasteiger partial charge >= 0.3 is 0 Å². The van der Waals surface area contributed by atoms with Crippen LogP contribution >= 0.6 is 0 Å². The van der Waals surface area contributed by atoms with E-state index in [2.05, 4.69) is 12.2 Å². The van der Waals surface area contributed by atoms with Crippen LogP contribution in [-0.2, 0) is 0 Å². The number of hydrogen-bond donors (Lipinski definition) is 2. The van der Waals surface area contributed by atoms with Gasteiger partial charge in [-0.05, 0) is 19.8 Å². The largest absolute Gasteiger partial charge is 0.870 e. The molecule has 0 aliphatic rings. The van der Waals surface area contributed by atoms with Crippen LogP contribution in [0.4, 0.5) is 0 Å². The molecule has 0 aromatic carbocycles. The van der Waals surface area contributed by atoms with Crippen molar-refractivity contribution in [1.82, 2.24) is 0 Å². The minimum absolute atomic E-state index is 0. The summed E-state index contributed by atoms with van der Waals surface area (Å²) in [5, 5.41) is 11.5. The van der Waals surface area contributed by atoms with Crippen molar-refractivity contribution in [2.45, 2.75) is 97.0 Å². The summed E-state index contributed by atoms with van der Waals surface area (Å²) in [5.41, 5.74) is 0. The first-order chi connectivity index (χ1) is 9.27. The number of unbranched alkanes of at least 4 members (excludes halogenated alkanes) is 10. The molecular weight excluding hydrogens is 250 g/mol. The van der Waals surface area contributed by atoms with Crippen molar-refractivity contribution >= 4 is 0 Å². The summed E-state index contributed by atoms with van der Waals surface area (Å²) in [7, 11) is 0. The van der Waals surface area contributed by atoms with E-state index < -0.39 is 0 Å². The maximum absolute atomic E-state index is 9.12. The van der Waals surface area contributed by atoms with Crippen LogP contribution < -0.4 is 5.32 Å². The quantitative estimate of drug-likeness (QED) is 0.453. The first-order valence-electron chi connectivity index (χ1n) is 8.77. The van der Waals surface area contributed by atoms with Crippen molar-refractivity contribution in [3.63, 3.8) is 0 Å². The van der Waals surface area contributed by atoms with Crippen LogP contribution in [0.15, 0.2) is 0 Å². The molecule has 0 aliphatic carbocycles. The van der Waals surface area contributed by atoms with Gasteiger partial charge in [0.25, 0.3) is 0 Å². The van der Waals surface area contributed by atoms with E-state index in [9.17, 15) is 0 Å². The van der Waals surface area contributed by atoms with Crippen LogP contribution in [-0.4, -0.2) is 29.8 Å². The van der Waals surface area contributed by atoms with Gasteiger partial charge in [0.2, 0.25) is 0 Å². The molecule has 0 saturated heterocycles. The summed E-state index contributed by atoms with van der Waals surface area (Å²) >= 11 is 0. The molecule has 4 N–H and O–H groups in total. The van der Waals surface area contributed by atoms with Crippen molar-refractivity contribution in [2.75, 3.05) is 13.1 Å². The van der Waals surface area contributed by atoms with Crippen LogP contribution in [0.3, 0.4) is 0 Å². The lowest BCUT2D eigenvalue weighted by atomic mass is 10.1. The Labute approximate surface area is 126 Å². The smallest absolute Gasteiger partial charge is 0.0780 e. The Morgan fingerprint density at radius 2 is 1.20 bits per heavy atom. The molecule has 0 saturated carbocycles. The summed E-state index contributed by atoms with van der Waals surface area (Å²) in [6.07, 6.45) is 16.4. The van der Waals surface area contributed by atoms with Crippen molar-refractivity contribution in [2.24, 2.45) is 0 Å². The third-order valence-electron chi connectivity index (χ3n) is 3.80. The Balaban J connectivity index is 0. The number of nitrogens with two attached hydrogens (primary N) is 1. The zero-order valence-electron chi connectivity index (χ0n) is 13.9. The van der Waals surface area contributed by atoms with E-state index in [4.69, 9.17) is 5.11 Å². The fourth-order valence-electron chi connectivity index (χ4n) is 2.46. The van der Waals surface area contributed by atoms with Gasteiger partial charge in [-0.25, -0.2) is 0 Å². The van der Waals surface area contributed by atoms with Crippen molar-refractivity contribution in [1.29, 1.82) is 0 Å². The number of hydrogen-bond acceptors (Lipinski definition) is 2. The molecule has 0 radical (unpaired) electrons. The molecule has 1 atom stereocenters. The molecule has 0 aromatic rings. The van der Waals surface area contributed by atoms with E-state index in [0.29, 0.717) is 0 Å². The highest BCUT2D eigenvalue weighted by molar-refractivity contribution is 4.47. The molecule has 1 unspecified atom stereocenters. The van der Waals surface area contributed by atoms with E-state index in [1.165, 1.54) is 77.2 Å².